The Hall–Kier alpha value is -6.30. The Morgan fingerprint density at radius 1 is 0.618 bits per heavy atom. The average Bonchev–Trinajstić information content (AvgIpc) is 3.65. The highest BCUT2D eigenvalue weighted by Gasteiger charge is 2.54. The van der Waals surface area contributed by atoms with Crippen LogP contribution in [0.15, 0.2) is 150 Å². The van der Waals surface area contributed by atoms with Gasteiger partial charge in [0.1, 0.15) is 16.8 Å². The van der Waals surface area contributed by atoms with E-state index in [9.17, 15) is 0 Å². The van der Waals surface area contributed by atoms with E-state index in [0.29, 0.717) is 28.8 Å². The standard InChI is InChI=1S/C50H35N3OS/c1-28-43(50(28,2)3)30-25-23-29(24-26-30)31-13-12-14-32(27-31)44-47-45(36-18-7-10-21-39(36)54-47)52-49(51-44)53-38-20-9-6-17-35(38)41-33-15-4-5-16-34(33)42-37-19-8-11-22-40(37)55-48(42)46(41)53/h4-28,43H,1-3H3. The van der Waals surface area contributed by atoms with E-state index in [1.165, 1.54) is 52.8 Å². The van der Waals surface area contributed by atoms with Gasteiger partial charge in [0.25, 0.3) is 0 Å². The van der Waals surface area contributed by atoms with Crippen LogP contribution in [-0.4, -0.2) is 14.5 Å². The number of benzene rings is 7. The summed E-state index contributed by atoms with van der Waals surface area (Å²) < 4.78 is 11.5. The molecule has 1 aliphatic rings. The predicted octanol–water partition coefficient (Wildman–Crippen LogP) is 14.1. The van der Waals surface area contributed by atoms with E-state index in [1.54, 1.807) is 0 Å². The van der Waals surface area contributed by atoms with Crippen molar-refractivity contribution in [2.24, 2.45) is 11.3 Å². The van der Waals surface area contributed by atoms with E-state index in [0.717, 1.165) is 44.3 Å². The lowest BCUT2D eigenvalue weighted by atomic mass is 9.97. The van der Waals surface area contributed by atoms with Crippen molar-refractivity contribution >= 4 is 86.2 Å². The lowest BCUT2D eigenvalue weighted by molar-refractivity contribution is 0.575. The monoisotopic (exact) mass is 725 g/mol. The van der Waals surface area contributed by atoms with Gasteiger partial charge in [-0.15, -0.1) is 11.3 Å². The molecule has 2 atom stereocenters. The van der Waals surface area contributed by atoms with Crippen LogP contribution < -0.4 is 0 Å². The van der Waals surface area contributed by atoms with Gasteiger partial charge >= 0.3 is 0 Å². The second kappa shape index (κ2) is 11.1. The van der Waals surface area contributed by atoms with Crippen LogP contribution in [0.3, 0.4) is 0 Å². The first-order valence-corrected chi connectivity index (χ1v) is 19.9. The molecule has 2 unspecified atom stereocenters. The Morgan fingerprint density at radius 3 is 2.05 bits per heavy atom. The molecule has 11 aromatic rings. The Kier molecular flexibility index (Phi) is 6.29. The molecule has 12 rings (SSSR count). The molecule has 0 amide bonds. The summed E-state index contributed by atoms with van der Waals surface area (Å²) in [5.41, 5.74) is 10.4. The molecule has 1 aliphatic carbocycles. The van der Waals surface area contributed by atoms with Gasteiger partial charge in [0.05, 0.1) is 15.7 Å². The number of thiophene rings is 1. The van der Waals surface area contributed by atoms with Crippen molar-refractivity contribution in [1.82, 2.24) is 14.5 Å². The normalized spacial score (nSPS) is 16.8. The van der Waals surface area contributed by atoms with Crippen molar-refractivity contribution in [3.63, 3.8) is 0 Å². The molecular weight excluding hydrogens is 691 g/mol. The van der Waals surface area contributed by atoms with Gasteiger partial charge in [0, 0.05) is 37.2 Å². The van der Waals surface area contributed by atoms with E-state index < -0.39 is 0 Å². The van der Waals surface area contributed by atoms with Gasteiger partial charge in [-0.1, -0.05) is 136 Å². The van der Waals surface area contributed by atoms with E-state index in [1.807, 2.05) is 23.5 Å². The molecule has 4 heterocycles. The summed E-state index contributed by atoms with van der Waals surface area (Å²) in [6, 6.07) is 52.4. The fourth-order valence-electron chi connectivity index (χ4n) is 9.55. The van der Waals surface area contributed by atoms with Crippen LogP contribution in [-0.2, 0) is 0 Å². The van der Waals surface area contributed by atoms with Crippen LogP contribution in [0, 0.1) is 11.3 Å². The van der Waals surface area contributed by atoms with Crippen molar-refractivity contribution in [2.75, 3.05) is 0 Å². The van der Waals surface area contributed by atoms with Gasteiger partial charge in [0.2, 0.25) is 5.95 Å². The Labute approximate surface area is 321 Å². The molecule has 4 aromatic heterocycles. The quantitative estimate of drug-likeness (QED) is 0.181. The first-order chi connectivity index (χ1) is 27.0. The van der Waals surface area contributed by atoms with Crippen LogP contribution >= 0.6 is 11.3 Å². The highest BCUT2D eigenvalue weighted by molar-refractivity contribution is 7.27. The van der Waals surface area contributed by atoms with E-state index in [-0.39, 0.29) is 0 Å². The summed E-state index contributed by atoms with van der Waals surface area (Å²) in [7, 11) is 0. The largest absolute Gasteiger partial charge is 0.452 e. The summed E-state index contributed by atoms with van der Waals surface area (Å²) in [6.45, 7) is 7.12. The van der Waals surface area contributed by atoms with Crippen molar-refractivity contribution in [2.45, 2.75) is 26.7 Å². The lowest BCUT2D eigenvalue weighted by Crippen LogP contribution is -2.03. The van der Waals surface area contributed by atoms with Crippen LogP contribution in [0.4, 0.5) is 0 Å². The molecule has 0 bridgehead atoms. The summed E-state index contributed by atoms with van der Waals surface area (Å²) in [5, 5.41) is 8.44. The van der Waals surface area contributed by atoms with Crippen molar-refractivity contribution in [3.05, 3.63) is 151 Å². The zero-order chi connectivity index (χ0) is 36.6. The minimum Gasteiger partial charge on any atom is -0.452 e. The molecule has 0 radical (unpaired) electrons. The van der Waals surface area contributed by atoms with Crippen LogP contribution in [0.2, 0.25) is 0 Å². The predicted molar refractivity (Wildman–Crippen MR) is 231 cm³/mol. The third-order valence-electron chi connectivity index (χ3n) is 12.7. The molecule has 0 N–H and O–H groups in total. The fourth-order valence-corrected chi connectivity index (χ4v) is 10.8. The number of rotatable bonds is 4. The lowest BCUT2D eigenvalue weighted by Gasteiger charge is -2.12. The van der Waals surface area contributed by atoms with Crippen LogP contribution in [0.25, 0.3) is 103 Å². The van der Waals surface area contributed by atoms with Crippen molar-refractivity contribution in [3.8, 4) is 28.3 Å². The van der Waals surface area contributed by atoms with Gasteiger partial charge in [-0.25, -0.2) is 9.97 Å². The van der Waals surface area contributed by atoms with Crippen molar-refractivity contribution in [1.29, 1.82) is 0 Å². The number of hydrogen-bond acceptors (Lipinski definition) is 4. The molecule has 0 aliphatic heterocycles. The Bertz CT molecular complexity index is 3380. The smallest absolute Gasteiger partial charge is 0.236 e. The molecule has 0 saturated heterocycles. The van der Waals surface area contributed by atoms with E-state index in [2.05, 4.69) is 159 Å². The third-order valence-corrected chi connectivity index (χ3v) is 13.8. The zero-order valence-corrected chi connectivity index (χ0v) is 31.5. The molecular formula is C50H35N3OS. The van der Waals surface area contributed by atoms with Crippen LogP contribution in [0.1, 0.15) is 32.3 Å². The minimum absolute atomic E-state index is 0.357. The zero-order valence-electron chi connectivity index (χ0n) is 30.7. The third kappa shape index (κ3) is 4.33. The highest BCUT2D eigenvalue weighted by atomic mass is 32.1. The Balaban J connectivity index is 1.15. The molecule has 1 fully saturated rings. The average molecular weight is 726 g/mol. The maximum absolute atomic E-state index is 6.65. The first-order valence-electron chi connectivity index (χ1n) is 19.1. The molecule has 55 heavy (non-hydrogen) atoms. The molecule has 0 spiro atoms. The van der Waals surface area contributed by atoms with Gasteiger partial charge in [-0.2, -0.15) is 0 Å². The van der Waals surface area contributed by atoms with E-state index in [4.69, 9.17) is 14.4 Å². The second-order valence-electron chi connectivity index (χ2n) is 15.9. The number of nitrogens with zero attached hydrogens (tertiary/aromatic N) is 3. The maximum atomic E-state index is 6.65. The van der Waals surface area contributed by atoms with E-state index >= 15 is 0 Å². The number of hydrogen-bond donors (Lipinski definition) is 0. The number of furan rings is 1. The number of para-hydroxylation sites is 2. The van der Waals surface area contributed by atoms with Gasteiger partial charge in [-0.3, -0.25) is 4.57 Å². The molecule has 4 nitrogen and oxygen atoms in total. The van der Waals surface area contributed by atoms with Crippen LogP contribution in [0.5, 0.6) is 0 Å². The number of fused-ring (bicyclic) bond motifs is 13. The summed E-state index contributed by atoms with van der Waals surface area (Å²) >= 11 is 1.85. The maximum Gasteiger partial charge on any atom is 0.236 e. The summed E-state index contributed by atoms with van der Waals surface area (Å²) in [4.78, 5) is 10.9. The van der Waals surface area contributed by atoms with Gasteiger partial charge < -0.3 is 4.42 Å². The number of aromatic nitrogens is 3. The summed E-state index contributed by atoms with van der Waals surface area (Å²) in [6.07, 6.45) is 0. The molecule has 262 valence electrons. The summed E-state index contributed by atoms with van der Waals surface area (Å²) in [5.74, 6) is 1.94. The molecule has 1 saturated carbocycles. The molecule has 5 heteroatoms. The molecule has 7 aromatic carbocycles. The Morgan fingerprint density at radius 2 is 1.27 bits per heavy atom. The fraction of sp³-hybridized carbons (Fsp3) is 0.120. The second-order valence-corrected chi connectivity index (χ2v) is 16.9. The van der Waals surface area contributed by atoms with Gasteiger partial charge in [0.15, 0.2) is 5.58 Å². The first kappa shape index (κ1) is 31.1. The van der Waals surface area contributed by atoms with Crippen molar-refractivity contribution < 1.29 is 4.42 Å². The minimum atomic E-state index is 0.357. The SMILES string of the molecule is CC1C(c2ccc(-c3cccc(-c4nc(-n5c6ccccc6c6c7ccccc7c7c8ccccc8sc7c65)nc5c4oc4ccccc45)c3)cc2)C1(C)C. The highest BCUT2D eigenvalue weighted by Crippen LogP contribution is 2.64. The topological polar surface area (TPSA) is 43.9 Å². The van der Waals surface area contributed by atoms with Gasteiger partial charge in [-0.05, 0) is 75.0 Å².